The van der Waals surface area contributed by atoms with Gasteiger partial charge in [0.15, 0.2) is 0 Å². The van der Waals surface area contributed by atoms with Crippen molar-refractivity contribution in [3.05, 3.63) is 76.7 Å². The van der Waals surface area contributed by atoms with Crippen molar-refractivity contribution < 1.29 is 9.53 Å². The molecular weight excluding hydrogens is 316 g/mol. The average molecular weight is 332 g/mol. The SMILES string of the molecule is CCOc1ccc2ccccc2c1C=C1Sc2ccccc2C1=O. The van der Waals surface area contributed by atoms with Gasteiger partial charge in [0.05, 0.1) is 11.5 Å². The van der Waals surface area contributed by atoms with Crippen molar-refractivity contribution in [3.8, 4) is 5.75 Å². The quantitative estimate of drug-likeness (QED) is 0.587. The van der Waals surface area contributed by atoms with Gasteiger partial charge in [0.25, 0.3) is 0 Å². The van der Waals surface area contributed by atoms with Crippen LogP contribution in [0.1, 0.15) is 22.8 Å². The standard InChI is InChI=1S/C21H16O2S/c1-2-23-18-12-11-14-7-3-4-8-15(14)17(18)13-20-21(22)16-9-5-6-10-19(16)24-20/h3-13H,2H2,1H3. The monoisotopic (exact) mass is 332 g/mol. The first kappa shape index (κ1) is 15.0. The summed E-state index contributed by atoms with van der Waals surface area (Å²) >= 11 is 1.53. The highest BCUT2D eigenvalue weighted by atomic mass is 32.2. The van der Waals surface area contributed by atoms with Gasteiger partial charge in [-0.2, -0.15) is 0 Å². The van der Waals surface area contributed by atoms with Crippen molar-refractivity contribution in [3.63, 3.8) is 0 Å². The fourth-order valence-corrected chi connectivity index (χ4v) is 4.01. The Balaban J connectivity index is 1.88. The Morgan fingerprint density at radius 1 is 1.00 bits per heavy atom. The van der Waals surface area contributed by atoms with Crippen LogP contribution < -0.4 is 4.74 Å². The Labute approximate surface area is 145 Å². The number of rotatable bonds is 3. The molecule has 1 heterocycles. The second-order valence-electron chi connectivity index (χ2n) is 5.57. The summed E-state index contributed by atoms with van der Waals surface area (Å²) in [4.78, 5) is 14.4. The number of carbonyl (C=O) groups excluding carboxylic acids is 1. The molecule has 0 spiro atoms. The summed E-state index contributed by atoms with van der Waals surface area (Å²) in [7, 11) is 0. The van der Waals surface area contributed by atoms with Gasteiger partial charge in [-0.05, 0) is 42.0 Å². The van der Waals surface area contributed by atoms with Gasteiger partial charge in [-0.3, -0.25) is 4.79 Å². The first-order valence-corrected chi connectivity index (χ1v) is 8.77. The number of benzene rings is 3. The van der Waals surface area contributed by atoms with Crippen molar-refractivity contribution in [2.24, 2.45) is 0 Å². The number of hydrogen-bond acceptors (Lipinski definition) is 3. The van der Waals surface area contributed by atoms with Gasteiger partial charge >= 0.3 is 0 Å². The maximum atomic E-state index is 12.7. The fraction of sp³-hybridized carbons (Fsp3) is 0.0952. The molecule has 0 aromatic heterocycles. The molecule has 3 aromatic rings. The predicted octanol–water partition coefficient (Wildman–Crippen LogP) is 5.57. The van der Waals surface area contributed by atoms with Crippen molar-refractivity contribution in [1.82, 2.24) is 0 Å². The predicted molar refractivity (Wildman–Crippen MR) is 99.7 cm³/mol. The second-order valence-corrected chi connectivity index (χ2v) is 6.65. The number of hydrogen-bond donors (Lipinski definition) is 0. The lowest BCUT2D eigenvalue weighted by atomic mass is 10.0. The highest BCUT2D eigenvalue weighted by Crippen LogP contribution is 2.42. The second kappa shape index (κ2) is 6.17. The molecule has 1 aliphatic rings. The van der Waals surface area contributed by atoms with E-state index < -0.39 is 0 Å². The van der Waals surface area contributed by atoms with Crippen LogP contribution in [0.4, 0.5) is 0 Å². The van der Waals surface area contributed by atoms with E-state index in [1.807, 2.05) is 55.5 Å². The van der Waals surface area contributed by atoms with E-state index in [4.69, 9.17) is 4.74 Å². The van der Waals surface area contributed by atoms with Crippen LogP contribution in [-0.2, 0) is 0 Å². The highest BCUT2D eigenvalue weighted by molar-refractivity contribution is 8.04. The topological polar surface area (TPSA) is 26.3 Å². The molecule has 1 aliphatic heterocycles. The Morgan fingerprint density at radius 3 is 2.62 bits per heavy atom. The number of fused-ring (bicyclic) bond motifs is 2. The van der Waals surface area contributed by atoms with E-state index in [9.17, 15) is 4.79 Å². The molecule has 0 amide bonds. The zero-order valence-corrected chi connectivity index (χ0v) is 14.1. The molecule has 24 heavy (non-hydrogen) atoms. The van der Waals surface area contributed by atoms with E-state index in [-0.39, 0.29) is 5.78 Å². The Morgan fingerprint density at radius 2 is 1.79 bits per heavy atom. The minimum Gasteiger partial charge on any atom is -0.493 e. The van der Waals surface area contributed by atoms with Crippen LogP contribution in [0.3, 0.4) is 0 Å². The zero-order valence-electron chi connectivity index (χ0n) is 13.3. The number of ketones is 1. The third kappa shape index (κ3) is 2.51. The summed E-state index contributed by atoms with van der Waals surface area (Å²) < 4.78 is 5.80. The first-order chi connectivity index (χ1) is 11.8. The molecule has 2 nitrogen and oxygen atoms in total. The van der Waals surface area contributed by atoms with E-state index in [0.29, 0.717) is 6.61 Å². The summed E-state index contributed by atoms with van der Waals surface area (Å²) in [5, 5.41) is 2.24. The van der Waals surface area contributed by atoms with E-state index >= 15 is 0 Å². The average Bonchev–Trinajstić information content (AvgIpc) is 2.93. The fourth-order valence-electron chi connectivity index (χ4n) is 2.97. The Hall–Kier alpha value is -2.52. The lowest BCUT2D eigenvalue weighted by Crippen LogP contribution is -1.97. The molecule has 4 rings (SSSR count). The minimum atomic E-state index is 0.0889. The number of carbonyl (C=O) groups is 1. The van der Waals surface area contributed by atoms with Gasteiger partial charge in [0.2, 0.25) is 5.78 Å². The van der Waals surface area contributed by atoms with Crippen LogP contribution in [0.2, 0.25) is 0 Å². The molecule has 0 saturated heterocycles. The van der Waals surface area contributed by atoms with Gasteiger partial charge in [0.1, 0.15) is 5.75 Å². The summed E-state index contributed by atoms with van der Waals surface area (Å²) in [6.45, 7) is 2.56. The van der Waals surface area contributed by atoms with E-state index in [0.717, 1.165) is 37.4 Å². The molecule has 0 N–H and O–H groups in total. The summed E-state index contributed by atoms with van der Waals surface area (Å²) in [5.41, 5.74) is 1.76. The van der Waals surface area contributed by atoms with Crippen LogP contribution in [0.15, 0.2) is 70.5 Å². The molecule has 0 atom stereocenters. The lowest BCUT2D eigenvalue weighted by molar-refractivity contribution is 0.104. The highest BCUT2D eigenvalue weighted by Gasteiger charge is 2.25. The summed E-state index contributed by atoms with van der Waals surface area (Å²) in [5.74, 6) is 0.902. The third-order valence-corrected chi connectivity index (χ3v) is 5.18. The van der Waals surface area contributed by atoms with E-state index in [1.165, 1.54) is 11.8 Å². The molecule has 0 bridgehead atoms. The van der Waals surface area contributed by atoms with Gasteiger partial charge in [-0.15, -0.1) is 0 Å². The number of Topliss-reactive ketones (excluding diaryl/α,β-unsaturated/α-hetero) is 1. The van der Waals surface area contributed by atoms with Crippen molar-refractivity contribution >= 4 is 34.4 Å². The Bertz CT molecular complexity index is 972. The maximum absolute atomic E-state index is 12.7. The number of thioether (sulfide) groups is 1. The maximum Gasteiger partial charge on any atom is 0.200 e. The van der Waals surface area contributed by atoms with E-state index in [2.05, 4.69) is 18.2 Å². The smallest absolute Gasteiger partial charge is 0.200 e. The summed E-state index contributed by atoms with van der Waals surface area (Å²) in [6, 6.07) is 20.0. The normalized spacial score (nSPS) is 15.0. The molecule has 0 unspecified atom stereocenters. The minimum absolute atomic E-state index is 0.0889. The number of ether oxygens (including phenoxy) is 1. The molecule has 3 heteroatoms. The molecule has 0 saturated carbocycles. The zero-order chi connectivity index (χ0) is 16.5. The van der Waals surface area contributed by atoms with Crippen molar-refractivity contribution in [2.45, 2.75) is 11.8 Å². The van der Waals surface area contributed by atoms with Gasteiger partial charge in [-0.25, -0.2) is 0 Å². The van der Waals surface area contributed by atoms with Gasteiger partial charge in [-0.1, -0.05) is 54.2 Å². The lowest BCUT2D eigenvalue weighted by Gasteiger charge is -2.11. The molecule has 3 aromatic carbocycles. The number of allylic oxidation sites excluding steroid dienone is 1. The third-order valence-electron chi connectivity index (χ3n) is 4.08. The Kier molecular flexibility index (Phi) is 3.87. The molecule has 0 radical (unpaired) electrons. The van der Waals surface area contributed by atoms with Crippen LogP contribution in [0.25, 0.3) is 16.8 Å². The van der Waals surface area contributed by atoms with Gasteiger partial charge in [0, 0.05) is 16.0 Å². The van der Waals surface area contributed by atoms with Crippen LogP contribution in [0, 0.1) is 0 Å². The molecular formula is C21H16O2S. The summed E-state index contributed by atoms with van der Waals surface area (Å²) in [6.07, 6.45) is 1.97. The van der Waals surface area contributed by atoms with Crippen molar-refractivity contribution in [1.29, 1.82) is 0 Å². The van der Waals surface area contributed by atoms with Crippen LogP contribution in [0.5, 0.6) is 5.75 Å². The molecule has 0 fully saturated rings. The first-order valence-electron chi connectivity index (χ1n) is 7.96. The van der Waals surface area contributed by atoms with Crippen LogP contribution in [-0.4, -0.2) is 12.4 Å². The van der Waals surface area contributed by atoms with Crippen LogP contribution >= 0.6 is 11.8 Å². The molecule has 0 aliphatic carbocycles. The molecule has 118 valence electrons. The largest absolute Gasteiger partial charge is 0.493 e. The van der Waals surface area contributed by atoms with Gasteiger partial charge < -0.3 is 4.74 Å². The van der Waals surface area contributed by atoms with E-state index in [1.54, 1.807) is 0 Å². The van der Waals surface area contributed by atoms with Crippen molar-refractivity contribution in [2.75, 3.05) is 6.61 Å².